The van der Waals surface area contributed by atoms with Crippen molar-refractivity contribution in [2.45, 2.75) is 16.0 Å². The molecule has 8 heteroatoms. The van der Waals surface area contributed by atoms with E-state index in [9.17, 15) is 13.2 Å². The molecule has 1 fully saturated rings. The van der Waals surface area contributed by atoms with Crippen molar-refractivity contribution in [3.05, 3.63) is 47.3 Å². The second kappa shape index (κ2) is 7.90. The average molecular weight is 397 g/mol. The Labute approximate surface area is 156 Å². The molecule has 0 bridgehead atoms. The lowest BCUT2D eigenvalue weighted by molar-refractivity contribution is -0.129. The van der Waals surface area contributed by atoms with Crippen molar-refractivity contribution in [3.8, 4) is 0 Å². The standard InChI is InChI=1S/C17H20N2O3S3/c1-14-5-2-3-6-15(14)24-13-16(20)18-8-10-19(11-9-18)25(21,22)17-7-4-12-23-17/h2-7,12H,8-11,13H2,1H3. The topological polar surface area (TPSA) is 57.7 Å². The number of hydrogen-bond acceptors (Lipinski definition) is 5. The molecular weight excluding hydrogens is 376 g/mol. The van der Waals surface area contributed by atoms with Gasteiger partial charge in [-0.1, -0.05) is 24.3 Å². The van der Waals surface area contributed by atoms with Gasteiger partial charge in [-0.15, -0.1) is 23.1 Å². The van der Waals surface area contributed by atoms with Crippen LogP contribution in [0.2, 0.25) is 0 Å². The predicted octanol–water partition coefficient (Wildman–Crippen LogP) is 2.68. The lowest BCUT2D eigenvalue weighted by atomic mass is 10.2. The molecule has 0 radical (unpaired) electrons. The summed E-state index contributed by atoms with van der Waals surface area (Å²) < 4.78 is 26.8. The molecule has 25 heavy (non-hydrogen) atoms. The number of nitrogens with zero attached hydrogens (tertiary/aromatic N) is 2. The number of rotatable bonds is 5. The van der Waals surface area contributed by atoms with E-state index in [0.29, 0.717) is 36.1 Å². The van der Waals surface area contributed by atoms with Gasteiger partial charge in [0.2, 0.25) is 5.91 Å². The van der Waals surface area contributed by atoms with Crippen LogP contribution in [-0.2, 0) is 14.8 Å². The van der Waals surface area contributed by atoms with Gasteiger partial charge in [-0.3, -0.25) is 4.79 Å². The monoisotopic (exact) mass is 396 g/mol. The number of benzene rings is 1. The van der Waals surface area contributed by atoms with E-state index in [1.54, 1.807) is 22.4 Å². The van der Waals surface area contributed by atoms with Crippen molar-refractivity contribution in [1.82, 2.24) is 9.21 Å². The van der Waals surface area contributed by atoms with E-state index in [1.807, 2.05) is 31.2 Å². The highest BCUT2D eigenvalue weighted by Gasteiger charge is 2.30. The van der Waals surface area contributed by atoms with Crippen LogP contribution in [0, 0.1) is 6.92 Å². The number of amides is 1. The zero-order chi connectivity index (χ0) is 17.9. The lowest BCUT2D eigenvalue weighted by Crippen LogP contribution is -2.50. The molecule has 1 amide bonds. The minimum absolute atomic E-state index is 0.0569. The summed E-state index contributed by atoms with van der Waals surface area (Å²) in [6, 6.07) is 11.3. The summed E-state index contributed by atoms with van der Waals surface area (Å²) >= 11 is 2.76. The van der Waals surface area contributed by atoms with Gasteiger partial charge < -0.3 is 4.90 Å². The van der Waals surface area contributed by atoms with Crippen LogP contribution in [0.15, 0.2) is 50.9 Å². The van der Waals surface area contributed by atoms with Crippen LogP contribution in [0.1, 0.15) is 5.56 Å². The molecule has 1 aliphatic heterocycles. The highest BCUT2D eigenvalue weighted by molar-refractivity contribution is 8.00. The number of carbonyl (C=O) groups is 1. The van der Waals surface area contributed by atoms with Crippen molar-refractivity contribution in [1.29, 1.82) is 0 Å². The normalized spacial score (nSPS) is 16.1. The van der Waals surface area contributed by atoms with E-state index in [0.717, 1.165) is 10.5 Å². The van der Waals surface area contributed by atoms with Crippen LogP contribution < -0.4 is 0 Å². The molecular formula is C17H20N2O3S3. The first-order valence-electron chi connectivity index (χ1n) is 7.98. The summed E-state index contributed by atoms with van der Waals surface area (Å²) in [6.07, 6.45) is 0. The predicted molar refractivity (Wildman–Crippen MR) is 102 cm³/mol. The summed E-state index contributed by atoms with van der Waals surface area (Å²) in [5, 5.41) is 1.76. The number of thiophene rings is 1. The van der Waals surface area contributed by atoms with Crippen LogP contribution in [-0.4, -0.2) is 55.5 Å². The second-order valence-electron chi connectivity index (χ2n) is 5.77. The number of piperazine rings is 1. The fourth-order valence-corrected chi connectivity index (χ4v) is 6.16. The third kappa shape index (κ3) is 4.25. The smallest absolute Gasteiger partial charge is 0.252 e. The summed E-state index contributed by atoms with van der Waals surface area (Å²) in [4.78, 5) is 15.3. The van der Waals surface area contributed by atoms with E-state index in [2.05, 4.69) is 0 Å². The van der Waals surface area contributed by atoms with Gasteiger partial charge in [-0.05, 0) is 30.0 Å². The lowest BCUT2D eigenvalue weighted by Gasteiger charge is -2.33. The van der Waals surface area contributed by atoms with Gasteiger partial charge in [0.25, 0.3) is 10.0 Å². The van der Waals surface area contributed by atoms with E-state index in [1.165, 1.54) is 27.4 Å². The molecule has 2 aromatic rings. The van der Waals surface area contributed by atoms with Gasteiger partial charge in [0, 0.05) is 31.1 Å². The Balaban J connectivity index is 1.54. The molecule has 0 N–H and O–H groups in total. The molecule has 0 aliphatic carbocycles. The maximum absolute atomic E-state index is 12.5. The molecule has 0 unspecified atom stereocenters. The quantitative estimate of drug-likeness (QED) is 0.729. The zero-order valence-corrected chi connectivity index (χ0v) is 16.4. The summed E-state index contributed by atoms with van der Waals surface area (Å²) in [7, 11) is -3.42. The van der Waals surface area contributed by atoms with Crippen LogP contribution in [0.4, 0.5) is 0 Å². The number of aryl methyl sites for hydroxylation is 1. The van der Waals surface area contributed by atoms with Gasteiger partial charge in [-0.25, -0.2) is 8.42 Å². The Morgan fingerprint density at radius 1 is 1.12 bits per heavy atom. The van der Waals surface area contributed by atoms with Crippen LogP contribution >= 0.6 is 23.1 Å². The molecule has 5 nitrogen and oxygen atoms in total. The maximum atomic E-state index is 12.5. The van der Waals surface area contributed by atoms with Crippen LogP contribution in [0.25, 0.3) is 0 Å². The fraction of sp³-hybridized carbons (Fsp3) is 0.353. The van der Waals surface area contributed by atoms with Gasteiger partial charge >= 0.3 is 0 Å². The minimum atomic E-state index is -3.42. The highest BCUT2D eigenvalue weighted by atomic mass is 32.2. The van der Waals surface area contributed by atoms with Crippen LogP contribution in [0.5, 0.6) is 0 Å². The van der Waals surface area contributed by atoms with Crippen molar-refractivity contribution in [2.24, 2.45) is 0 Å². The largest absolute Gasteiger partial charge is 0.339 e. The van der Waals surface area contributed by atoms with Gasteiger partial charge in [0.1, 0.15) is 4.21 Å². The van der Waals surface area contributed by atoms with Crippen LogP contribution in [0.3, 0.4) is 0 Å². The summed E-state index contributed by atoms with van der Waals surface area (Å²) in [6.45, 7) is 3.61. The fourth-order valence-electron chi connectivity index (χ4n) is 2.66. The molecule has 3 rings (SSSR count). The van der Waals surface area contributed by atoms with E-state index in [4.69, 9.17) is 0 Å². The van der Waals surface area contributed by atoms with Gasteiger partial charge in [0.15, 0.2) is 0 Å². The molecule has 2 heterocycles. The van der Waals surface area contributed by atoms with E-state index >= 15 is 0 Å². The molecule has 0 atom stereocenters. The minimum Gasteiger partial charge on any atom is -0.339 e. The number of carbonyl (C=O) groups excluding carboxylic acids is 1. The van der Waals surface area contributed by atoms with Crippen molar-refractivity contribution >= 4 is 39.0 Å². The molecule has 0 spiro atoms. The molecule has 134 valence electrons. The average Bonchev–Trinajstić information content (AvgIpc) is 3.16. The van der Waals surface area contributed by atoms with E-state index in [-0.39, 0.29) is 5.91 Å². The Kier molecular flexibility index (Phi) is 5.83. The van der Waals surface area contributed by atoms with Crippen molar-refractivity contribution in [2.75, 3.05) is 31.9 Å². The molecule has 1 aliphatic rings. The molecule has 1 saturated heterocycles. The van der Waals surface area contributed by atoms with Gasteiger partial charge in [0.05, 0.1) is 5.75 Å². The Hall–Kier alpha value is -1.35. The second-order valence-corrected chi connectivity index (χ2v) is 9.90. The maximum Gasteiger partial charge on any atom is 0.252 e. The Morgan fingerprint density at radius 2 is 1.84 bits per heavy atom. The zero-order valence-electron chi connectivity index (χ0n) is 13.9. The summed E-state index contributed by atoms with van der Waals surface area (Å²) in [5.74, 6) is 0.434. The van der Waals surface area contributed by atoms with Crippen molar-refractivity contribution < 1.29 is 13.2 Å². The summed E-state index contributed by atoms with van der Waals surface area (Å²) in [5.41, 5.74) is 1.16. The number of sulfonamides is 1. The third-order valence-corrected chi connectivity index (χ3v) is 8.56. The first-order valence-corrected chi connectivity index (χ1v) is 11.3. The molecule has 1 aromatic carbocycles. The Morgan fingerprint density at radius 3 is 2.48 bits per heavy atom. The molecule has 1 aromatic heterocycles. The van der Waals surface area contributed by atoms with Gasteiger partial charge in [-0.2, -0.15) is 4.31 Å². The first-order chi connectivity index (χ1) is 12.0. The van der Waals surface area contributed by atoms with E-state index < -0.39 is 10.0 Å². The number of thioether (sulfide) groups is 1. The first kappa shape index (κ1) is 18.4. The number of hydrogen-bond donors (Lipinski definition) is 0. The molecule has 0 saturated carbocycles. The third-order valence-electron chi connectivity index (χ3n) is 4.13. The van der Waals surface area contributed by atoms with Crippen molar-refractivity contribution in [3.63, 3.8) is 0 Å². The SMILES string of the molecule is Cc1ccccc1SCC(=O)N1CCN(S(=O)(=O)c2cccs2)CC1. The Bertz CT molecular complexity index is 827. The highest BCUT2D eigenvalue weighted by Crippen LogP contribution is 2.24.